The summed E-state index contributed by atoms with van der Waals surface area (Å²) in [5, 5.41) is 16.7. The van der Waals surface area contributed by atoms with Gasteiger partial charge in [-0.1, -0.05) is 45.0 Å². The van der Waals surface area contributed by atoms with Gasteiger partial charge in [0.05, 0.1) is 0 Å². The summed E-state index contributed by atoms with van der Waals surface area (Å²) in [6, 6.07) is 7.37. The zero-order chi connectivity index (χ0) is 17.5. The minimum Gasteiger partial charge on any atom is -0.338 e. The van der Waals surface area contributed by atoms with Crippen molar-refractivity contribution >= 4 is 11.9 Å². The molecule has 0 aliphatic rings. The van der Waals surface area contributed by atoms with E-state index in [1.54, 1.807) is 0 Å². The van der Waals surface area contributed by atoms with Crippen LogP contribution in [-0.2, 0) is 11.3 Å². The largest absolute Gasteiger partial charge is 0.338 e. The lowest BCUT2D eigenvalue weighted by Gasteiger charge is -2.05. The molecule has 3 amide bonds. The highest BCUT2D eigenvalue weighted by molar-refractivity contribution is 5.94. The Bertz CT molecular complexity index is 693. The number of hydrogen-bond acceptors (Lipinski definition) is 5. The van der Waals surface area contributed by atoms with E-state index in [1.165, 1.54) is 5.56 Å². The molecule has 0 unspecified atom stereocenters. The molecule has 0 atom stereocenters. The third-order valence-corrected chi connectivity index (χ3v) is 3.36. The van der Waals surface area contributed by atoms with Crippen LogP contribution in [0.2, 0.25) is 0 Å². The van der Waals surface area contributed by atoms with Gasteiger partial charge in [0, 0.05) is 12.1 Å². The number of rotatable bonds is 6. The fraction of sp³-hybridized carbons (Fsp3) is 0.438. The van der Waals surface area contributed by atoms with Crippen LogP contribution >= 0.6 is 0 Å². The molecule has 0 saturated heterocycles. The number of amides is 3. The fourth-order valence-corrected chi connectivity index (χ4v) is 2.02. The van der Waals surface area contributed by atoms with Crippen LogP contribution < -0.4 is 10.6 Å². The van der Waals surface area contributed by atoms with Crippen molar-refractivity contribution in [2.45, 2.75) is 39.7 Å². The van der Waals surface area contributed by atoms with Crippen molar-refractivity contribution in [3.8, 4) is 11.4 Å². The van der Waals surface area contributed by atoms with E-state index in [0.29, 0.717) is 18.3 Å². The van der Waals surface area contributed by atoms with Crippen molar-refractivity contribution in [1.82, 2.24) is 30.8 Å². The maximum atomic E-state index is 11.8. The lowest BCUT2D eigenvalue weighted by Crippen LogP contribution is -2.41. The third kappa shape index (κ3) is 4.87. The fourth-order valence-electron chi connectivity index (χ4n) is 2.02. The number of urea groups is 1. The quantitative estimate of drug-likeness (QED) is 0.839. The van der Waals surface area contributed by atoms with Crippen LogP contribution in [0.5, 0.6) is 0 Å². The first kappa shape index (κ1) is 17.6. The summed E-state index contributed by atoms with van der Waals surface area (Å²) in [6.07, 6.45) is 0.797. The first-order chi connectivity index (χ1) is 11.5. The number of tetrazole rings is 1. The standard InChI is InChI=1S/C16H22N6O2/c1-4-9-17-16(24)18-14(23)10-22-20-15(19-21-22)13-7-5-12(6-8-13)11(2)3/h5-8,11H,4,9-10H2,1-3H3,(H2,17,18,23,24). The summed E-state index contributed by atoms with van der Waals surface area (Å²) in [6.45, 7) is 6.52. The molecule has 2 aromatic rings. The average molecular weight is 330 g/mol. The second kappa shape index (κ2) is 8.19. The van der Waals surface area contributed by atoms with E-state index in [-0.39, 0.29) is 6.54 Å². The molecule has 1 aromatic heterocycles. The van der Waals surface area contributed by atoms with Gasteiger partial charge in [-0.15, -0.1) is 10.2 Å². The molecule has 0 aliphatic carbocycles. The maximum Gasteiger partial charge on any atom is 0.321 e. The highest BCUT2D eigenvalue weighted by atomic mass is 16.2. The van der Waals surface area contributed by atoms with Gasteiger partial charge in [0.1, 0.15) is 6.54 Å². The average Bonchev–Trinajstić information content (AvgIpc) is 3.01. The van der Waals surface area contributed by atoms with E-state index >= 15 is 0 Å². The van der Waals surface area contributed by atoms with E-state index in [1.807, 2.05) is 31.2 Å². The second-order valence-corrected chi connectivity index (χ2v) is 5.72. The van der Waals surface area contributed by atoms with Gasteiger partial charge >= 0.3 is 6.03 Å². The molecular weight excluding hydrogens is 308 g/mol. The topological polar surface area (TPSA) is 102 Å². The molecule has 0 spiro atoms. The Labute approximate surface area is 140 Å². The number of carbonyl (C=O) groups is 2. The molecular formula is C16H22N6O2. The van der Waals surface area contributed by atoms with Gasteiger partial charge in [0.2, 0.25) is 5.82 Å². The zero-order valence-corrected chi connectivity index (χ0v) is 14.1. The number of hydrogen-bond donors (Lipinski definition) is 2. The molecule has 0 radical (unpaired) electrons. The second-order valence-electron chi connectivity index (χ2n) is 5.72. The summed E-state index contributed by atoms with van der Waals surface area (Å²) in [5.74, 6) is 0.390. The molecule has 2 N–H and O–H groups in total. The number of imide groups is 1. The van der Waals surface area contributed by atoms with Crippen LogP contribution in [0.4, 0.5) is 4.79 Å². The minimum atomic E-state index is -0.522. The highest BCUT2D eigenvalue weighted by Gasteiger charge is 2.11. The molecule has 24 heavy (non-hydrogen) atoms. The first-order valence-corrected chi connectivity index (χ1v) is 7.95. The lowest BCUT2D eigenvalue weighted by molar-refractivity contribution is -0.121. The van der Waals surface area contributed by atoms with Crippen LogP contribution in [0, 0.1) is 0 Å². The molecule has 0 bridgehead atoms. The van der Waals surface area contributed by atoms with E-state index in [4.69, 9.17) is 0 Å². The number of nitrogens with zero attached hydrogens (tertiary/aromatic N) is 4. The number of nitrogens with one attached hydrogen (secondary N) is 2. The predicted molar refractivity (Wildman–Crippen MR) is 89.2 cm³/mol. The highest BCUT2D eigenvalue weighted by Crippen LogP contribution is 2.19. The van der Waals surface area contributed by atoms with Crippen LogP contribution in [0.15, 0.2) is 24.3 Å². The Morgan fingerprint density at radius 3 is 2.54 bits per heavy atom. The smallest absolute Gasteiger partial charge is 0.321 e. The van der Waals surface area contributed by atoms with Crippen LogP contribution in [0.25, 0.3) is 11.4 Å². The number of carbonyl (C=O) groups excluding carboxylic acids is 2. The van der Waals surface area contributed by atoms with Crippen molar-refractivity contribution < 1.29 is 9.59 Å². The van der Waals surface area contributed by atoms with E-state index in [2.05, 4.69) is 39.9 Å². The normalized spacial score (nSPS) is 10.7. The maximum absolute atomic E-state index is 11.8. The summed E-state index contributed by atoms with van der Waals surface area (Å²) in [5.41, 5.74) is 2.05. The molecule has 0 saturated carbocycles. The van der Waals surface area contributed by atoms with Crippen molar-refractivity contribution in [3.63, 3.8) is 0 Å². The molecule has 2 rings (SSSR count). The molecule has 8 nitrogen and oxygen atoms in total. The monoisotopic (exact) mass is 330 g/mol. The van der Waals surface area contributed by atoms with Crippen molar-refractivity contribution in [1.29, 1.82) is 0 Å². The van der Waals surface area contributed by atoms with Gasteiger partial charge < -0.3 is 5.32 Å². The Balaban J connectivity index is 1.95. The van der Waals surface area contributed by atoms with Gasteiger partial charge in [-0.2, -0.15) is 4.80 Å². The van der Waals surface area contributed by atoms with Gasteiger partial charge in [-0.05, 0) is 23.1 Å². The Morgan fingerprint density at radius 2 is 1.92 bits per heavy atom. The van der Waals surface area contributed by atoms with E-state index in [9.17, 15) is 9.59 Å². The van der Waals surface area contributed by atoms with Crippen molar-refractivity contribution in [2.75, 3.05) is 6.54 Å². The number of benzene rings is 1. The van der Waals surface area contributed by atoms with E-state index < -0.39 is 11.9 Å². The minimum absolute atomic E-state index is 0.170. The molecule has 128 valence electrons. The van der Waals surface area contributed by atoms with Crippen LogP contribution in [0.3, 0.4) is 0 Å². The zero-order valence-electron chi connectivity index (χ0n) is 14.1. The Kier molecular flexibility index (Phi) is 6.00. The lowest BCUT2D eigenvalue weighted by atomic mass is 10.0. The van der Waals surface area contributed by atoms with E-state index in [0.717, 1.165) is 16.8 Å². The van der Waals surface area contributed by atoms with Crippen molar-refractivity contribution in [3.05, 3.63) is 29.8 Å². The van der Waals surface area contributed by atoms with Gasteiger partial charge in [-0.3, -0.25) is 10.1 Å². The Morgan fingerprint density at radius 1 is 1.21 bits per heavy atom. The molecule has 1 heterocycles. The van der Waals surface area contributed by atoms with Gasteiger partial charge in [0.15, 0.2) is 0 Å². The third-order valence-electron chi connectivity index (χ3n) is 3.36. The van der Waals surface area contributed by atoms with Gasteiger partial charge in [-0.25, -0.2) is 4.79 Å². The van der Waals surface area contributed by atoms with Crippen molar-refractivity contribution in [2.24, 2.45) is 0 Å². The van der Waals surface area contributed by atoms with Crippen LogP contribution in [0.1, 0.15) is 38.7 Å². The molecule has 1 aromatic carbocycles. The summed E-state index contributed by atoms with van der Waals surface area (Å²) in [4.78, 5) is 24.3. The van der Waals surface area contributed by atoms with Gasteiger partial charge in [0.25, 0.3) is 5.91 Å². The molecule has 0 aliphatic heterocycles. The SMILES string of the molecule is CCCNC(=O)NC(=O)Cn1nnc(-c2ccc(C(C)C)cc2)n1. The molecule has 8 heteroatoms. The summed E-state index contributed by atoms with van der Waals surface area (Å²) >= 11 is 0. The first-order valence-electron chi connectivity index (χ1n) is 7.95. The summed E-state index contributed by atoms with van der Waals surface area (Å²) in [7, 11) is 0. The number of aromatic nitrogens is 4. The summed E-state index contributed by atoms with van der Waals surface area (Å²) < 4.78 is 0. The van der Waals surface area contributed by atoms with Crippen LogP contribution in [-0.4, -0.2) is 38.7 Å². The molecule has 0 fully saturated rings. The Hall–Kier alpha value is -2.77. The predicted octanol–water partition coefficient (Wildman–Crippen LogP) is 1.70.